The van der Waals surface area contributed by atoms with Crippen molar-refractivity contribution in [2.75, 3.05) is 0 Å². The molecule has 0 aliphatic rings. The minimum absolute atomic E-state index is 0. The van der Waals surface area contributed by atoms with Crippen molar-refractivity contribution >= 4 is 8.60 Å². The molecule has 5 heteroatoms. The average molecular weight is 219 g/mol. The van der Waals surface area contributed by atoms with Crippen molar-refractivity contribution in [1.29, 1.82) is 0 Å². The second-order valence-electron chi connectivity index (χ2n) is 0.224. The predicted octanol–water partition coefficient (Wildman–Crippen LogP) is -2.71. The van der Waals surface area contributed by atoms with Gasteiger partial charge in [-0.15, -0.1) is 0 Å². The standard InChI is InChI=1S/Ce.O3P/c;1-4(2)3/q+3;-3. The topological polar surface area (TPSA) is 69.2 Å². The van der Waals surface area contributed by atoms with Gasteiger partial charge in [-0.3, -0.25) is 0 Å². The van der Waals surface area contributed by atoms with Gasteiger partial charge in [0.05, 0.1) is 0 Å². The Labute approximate surface area is 64.4 Å². The summed E-state index contributed by atoms with van der Waals surface area (Å²) in [6.07, 6.45) is 0. The van der Waals surface area contributed by atoms with E-state index in [0.717, 1.165) is 0 Å². The molecule has 0 fully saturated rings. The van der Waals surface area contributed by atoms with Gasteiger partial charge >= 0.3 is 41.7 Å². The van der Waals surface area contributed by atoms with Crippen LogP contribution >= 0.6 is 8.60 Å². The van der Waals surface area contributed by atoms with Crippen LogP contribution in [0.1, 0.15) is 0 Å². The summed E-state index contributed by atoms with van der Waals surface area (Å²) in [5, 5.41) is 0. The van der Waals surface area contributed by atoms with Gasteiger partial charge in [-0.05, 0) is 0 Å². The summed E-state index contributed by atoms with van der Waals surface area (Å²) in [7, 11) is -3.37. The molecule has 0 saturated carbocycles. The molecule has 0 rings (SSSR count). The van der Waals surface area contributed by atoms with Crippen LogP contribution in [0, 0.1) is 41.7 Å². The minimum Gasteiger partial charge on any atom is -0.854 e. The third-order valence-electron chi connectivity index (χ3n) is 0. The summed E-state index contributed by atoms with van der Waals surface area (Å²) in [5.74, 6) is 0. The van der Waals surface area contributed by atoms with Crippen molar-refractivity contribution in [1.82, 2.24) is 0 Å². The Hall–Kier alpha value is 1.69. The maximum absolute atomic E-state index is 8.48. The fourth-order valence-corrected chi connectivity index (χ4v) is 0. The molecule has 3 nitrogen and oxygen atoms in total. The van der Waals surface area contributed by atoms with Gasteiger partial charge in [0.1, 0.15) is 0 Å². The molecule has 27 valence electrons. The quantitative estimate of drug-likeness (QED) is 0.416. The van der Waals surface area contributed by atoms with Gasteiger partial charge in [0.25, 0.3) is 0 Å². The Morgan fingerprint density at radius 3 is 1.00 bits per heavy atom. The van der Waals surface area contributed by atoms with Crippen LogP contribution in [0.4, 0.5) is 0 Å². The Kier molecular flexibility index (Phi) is 11.2. The number of hydrogen-bond acceptors (Lipinski definition) is 3. The molecular weight excluding hydrogens is 219 g/mol. The maximum Gasteiger partial charge on any atom is 3.00 e. The van der Waals surface area contributed by atoms with E-state index in [2.05, 4.69) is 0 Å². The molecule has 0 atom stereocenters. The van der Waals surface area contributed by atoms with E-state index in [-0.39, 0.29) is 41.7 Å². The minimum atomic E-state index is -3.37. The maximum atomic E-state index is 8.48. The first kappa shape index (κ1) is 9.84. The molecule has 0 aromatic rings. The summed E-state index contributed by atoms with van der Waals surface area (Å²) in [6, 6.07) is 0. The average Bonchev–Trinajstić information content (AvgIpc) is 0.811. The van der Waals surface area contributed by atoms with Gasteiger partial charge in [0.2, 0.25) is 0 Å². The van der Waals surface area contributed by atoms with Crippen LogP contribution in [-0.2, 0) is 0 Å². The molecule has 0 aromatic heterocycles. The molecule has 0 amide bonds. The van der Waals surface area contributed by atoms with Crippen LogP contribution in [-0.4, -0.2) is 0 Å². The van der Waals surface area contributed by atoms with E-state index in [1.165, 1.54) is 0 Å². The second-order valence-corrected chi connectivity index (χ2v) is 0.671. The number of rotatable bonds is 0. The first-order valence-corrected chi connectivity index (χ1v) is 1.64. The third kappa shape index (κ3) is 27.2. The monoisotopic (exact) mass is 219 g/mol. The summed E-state index contributed by atoms with van der Waals surface area (Å²) in [5.41, 5.74) is 0. The zero-order valence-electron chi connectivity index (χ0n) is 2.17. The first-order chi connectivity index (χ1) is 1.73. The number of hydrogen-bond donors (Lipinski definition) is 0. The molecule has 0 bridgehead atoms. The van der Waals surface area contributed by atoms with Crippen LogP contribution < -0.4 is 14.7 Å². The summed E-state index contributed by atoms with van der Waals surface area (Å²) in [6.45, 7) is 0. The van der Waals surface area contributed by atoms with Crippen LogP contribution in [0.2, 0.25) is 0 Å². The Morgan fingerprint density at radius 1 is 1.00 bits per heavy atom. The smallest absolute Gasteiger partial charge is 0.854 e. The van der Waals surface area contributed by atoms with E-state index in [1.807, 2.05) is 0 Å². The van der Waals surface area contributed by atoms with E-state index in [4.69, 9.17) is 14.7 Å². The van der Waals surface area contributed by atoms with Gasteiger partial charge < -0.3 is 23.3 Å². The van der Waals surface area contributed by atoms with Crippen LogP contribution in [0.15, 0.2) is 0 Å². The summed E-state index contributed by atoms with van der Waals surface area (Å²) in [4.78, 5) is 25.4. The third-order valence-corrected chi connectivity index (χ3v) is 0. The fraction of sp³-hybridized carbons (Fsp3) is 0. The zero-order valence-corrected chi connectivity index (χ0v) is 6.21. The molecule has 0 aliphatic heterocycles. The summed E-state index contributed by atoms with van der Waals surface area (Å²) < 4.78 is 0. The predicted molar refractivity (Wildman–Crippen MR) is 6.92 cm³/mol. The van der Waals surface area contributed by atoms with Crippen LogP contribution in [0.5, 0.6) is 0 Å². The molecule has 0 aliphatic carbocycles. The molecule has 0 aromatic carbocycles. The van der Waals surface area contributed by atoms with Crippen molar-refractivity contribution in [3.05, 3.63) is 0 Å². The molecule has 0 unspecified atom stereocenters. The van der Waals surface area contributed by atoms with E-state index < -0.39 is 8.60 Å². The molecular formula is CeO3P. The van der Waals surface area contributed by atoms with Gasteiger partial charge in [-0.1, -0.05) is 0 Å². The Balaban J connectivity index is 0. The first-order valence-electron chi connectivity index (χ1n) is 0.548. The van der Waals surface area contributed by atoms with Gasteiger partial charge in [0, 0.05) is 0 Å². The van der Waals surface area contributed by atoms with Crippen LogP contribution in [0.3, 0.4) is 0 Å². The summed E-state index contributed by atoms with van der Waals surface area (Å²) >= 11 is 0. The molecule has 0 heterocycles. The van der Waals surface area contributed by atoms with Crippen LogP contribution in [0.25, 0.3) is 0 Å². The van der Waals surface area contributed by atoms with E-state index in [0.29, 0.717) is 0 Å². The molecule has 1 radical (unpaired) electrons. The fourth-order valence-electron chi connectivity index (χ4n) is 0. The van der Waals surface area contributed by atoms with Gasteiger partial charge in [0.15, 0.2) is 0 Å². The molecule has 5 heavy (non-hydrogen) atoms. The SMILES string of the molecule is [Ce+3].[O-]P([O-])[O-]. The molecule has 0 spiro atoms. The van der Waals surface area contributed by atoms with Gasteiger partial charge in [-0.2, -0.15) is 0 Å². The van der Waals surface area contributed by atoms with E-state index in [9.17, 15) is 0 Å². The van der Waals surface area contributed by atoms with Crippen molar-refractivity contribution in [3.63, 3.8) is 0 Å². The molecule has 0 saturated heterocycles. The van der Waals surface area contributed by atoms with E-state index >= 15 is 0 Å². The van der Waals surface area contributed by atoms with Crippen molar-refractivity contribution < 1.29 is 56.4 Å². The molecule has 0 N–H and O–H groups in total. The Bertz CT molecular complexity index is 11.6. The van der Waals surface area contributed by atoms with Crippen molar-refractivity contribution in [2.24, 2.45) is 0 Å². The zero-order chi connectivity index (χ0) is 3.58. The van der Waals surface area contributed by atoms with Gasteiger partial charge in [-0.25, -0.2) is 0 Å². The second kappa shape index (κ2) is 5.69. The largest absolute Gasteiger partial charge is 3.00 e. The van der Waals surface area contributed by atoms with Crippen molar-refractivity contribution in [2.45, 2.75) is 0 Å². The normalized spacial score (nSPS) is 7.20. The van der Waals surface area contributed by atoms with E-state index in [1.54, 1.807) is 0 Å². The Morgan fingerprint density at radius 2 is 1.00 bits per heavy atom. The van der Waals surface area contributed by atoms with Crippen molar-refractivity contribution in [3.8, 4) is 0 Å².